The third kappa shape index (κ3) is 0.753. The number of fused-ring (bicyclic) bond motifs is 1. The topological polar surface area (TPSA) is 51.8 Å². The Morgan fingerprint density at radius 1 is 1.33 bits per heavy atom. The normalized spacial score (nSPS) is 9.92. The van der Waals surface area contributed by atoms with E-state index >= 15 is 0 Å². The Kier molecular flexibility index (Phi) is 1.28. The molecule has 0 aliphatic rings. The van der Waals surface area contributed by atoms with Crippen molar-refractivity contribution >= 4 is 10.9 Å². The van der Waals surface area contributed by atoms with Gasteiger partial charge < -0.3 is 9.94 Å². The molecule has 0 saturated carbocycles. The van der Waals surface area contributed by atoms with E-state index in [9.17, 15) is 5.21 Å². The average molecular weight is 157 g/mol. The summed E-state index contributed by atoms with van der Waals surface area (Å²) in [5, 5.41) is 20.6. The summed E-state index contributed by atoms with van der Waals surface area (Å²) < 4.78 is 0.648. The fraction of sp³-hybridized carbons (Fsp3) is 0. The van der Waals surface area contributed by atoms with Gasteiger partial charge in [-0.05, 0) is 12.1 Å². The molecule has 0 radical (unpaired) electrons. The third-order valence-electron chi connectivity index (χ3n) is 1.78. The van der Waals surface area contributed by atoms with Crippen LogP contribution < -0.4 is 0 Å². The van der Waals surface area contributed by atoms with Crippen LogP contribution in [0.3, 0.4) is 0 Å². The SMILES string of the molecule is N#Cc1cc2ccccc2n1[O-]. The van der Waals surface area contributed by atoms with Crippen LogP contribution in [0, 0.1) is 16.5 Å². The lowest BCUT2D eigenvalue weighted by atomic mass is 10.2. The van der Waals surface area contributed by atoms with Crippen LogP contribution in [0.15, 0.2) is 30.3 Å². The van der Waals surface area contributed by atoms with Gasteiger partial charge in [-0.25, -0.2) is 0 Å². The molecule has 0 aliphatic heterocycles. The zero-order valence-electron chi connectivity index (χ0n) is 6.19. The molecule has 2 rings (SSSR count). The number of nitrogens with zero attached hydrogens (tertiary/aromatic N) is 2. The maximum atomic E-state index is 11.3. The second-order valence-corrected chi connectivity index (χ2v) is 2.49. The van der Waals surface area contributed by atoms with Crippen LogP contribution in [0.4, 0.5) is 0 Å². The van der Waals surface area contributed by atoms with Crippen LogP contribution in [0.25, 0.3) is 10.9 Å². The fourth-order valence-electron chi connectivity index (χ4n) is 1.21. The second kappa shape index (κ2) is 2.28. The molecule has 1 heterocycles. The Balaban J connectivity index is 2.90. The summed E-state index contributed by atoms with van der Waals surface area (Å²) in [5.74, 6) is 0. The third-order valence-corrected chi connectivity index (χ3v) is 1.78. The lowest BCUT2D eigenvalue weighted by Crippen LogP contribution is -1.87. The first-order valence-corrected chi connectivity index (χ1v) is 3.51. The lowest BCUT2D eigenvalue weighted by Gasteiger charge is -2.08. The minimum atomic E-state index is 0.149. The van der Waals surface area contributed by atoms with E-state index in [4.69, 9.17) is 5.26 Å². The highest BCUT2D eigenvalue weighted by atomic mass is 16.5. The number of hydrogen-bond donors (Lipinski definition) is 0. The molecule has 2 aromatic rings. The van der Waals surface area contributed by atoms with Gasteiger partial charge in [-0.1, -0.05) is 18.2 Å². The zero-order chi connectivity index (χ0) is 8.55. The largest absolute Gasteiger partial charge is 0.805 e. The number of benzene rings is 1. The summed E-state index contributed by atoms with van der Waals surface area (Å²) in [6, 6.07) is 10.5. The van der Waals surface area contributed by atoms with Gasteiger partial charge in [-0.2, -0.15) is 5.26 Å². The highest BCUT2D eigenvalue weighted by Gasteiger charge is 1.99. The van der Waals surface area contributed by atoms with Crippen molar-refractivity contribution in [1.29, 1.82) is 5.26 Å². The van der Waals surface area contributed by atoms with Crippen LogP contribution in [-0.2, 0) is 0 Å². The number of nitriles is 1. The van der Waals surface area contributed by atoms with E-state index < -0.39 is 0 Å². The molecule has 1 aromatic heterocycles. The van der Waals surface area contributed by atoms with Crippen molar-refractivity contribution in [3.05, 3.63) is 41.2 Å². The van der Waals surface area contributed by atoms with Crippen LogP contribution >= 0.6 is 0 Å². The Labute approximate surface area is 69.0 Å². The molecule has 0 spiro atoms. The maximum absolute atomic E-state index is 11.3. The highest BCUT2D eigenvalue weighted by molar-refractivity contribution is 5.82. The molecule has 0 fully saturated rings. The summed E-state index contributed by atoms with van der Waals surface area (Å²) >= 11 is 0. The summed E-state index contributed by atoms with van der Waals surface area (Å²) in [4.78, 5) is 0. The molecule has 0 N–H and O–H groups in total. The van der Waals surface area contributed by atoms with E-state index in [1.54, 1.807) is 18.2 Å². The van der Waals surface area contributed by atoms with E-state index in [2.05, 4.69) is 0 Å². The molecule has 0 unspecified atom stereocenters. The Bertz CT molecular complexity index is 465. The van der Waals surface area contributed by atoms with Crippen molar-refractivity contribution in [2.24, 2.45) is 0 Å². The first-order chi connectivity index (χ1) is 5.83. The van der Waals surface area contributed by atoms with Gasteiger partial charge in [0.25, 0.3) is 0 Å². The van der Waals surface area contributed by atoms with E-state index in [1.807, 2.05) is 18.2 Å². The Hall–Kier alpha value is -1.95. The molecule has 3 nitrogen and oxygen atoms in total. The first kappa shape index (κ1) is 6.74. The van der Waals surface area contributed by atoms with Crippen molar-refractivity contribution in [1.82, 2.24) is 4.73 Å². The van der Waals surface area contributed by atoms with Gasteiger partial charge in [0.1, 0.15) is 11.8 Å². The number of aromatic nitrogens is 1. The summed E-state index contributed by atoms with van der Waals surface area (Å²) in [6.45, 7) is 0. The lowest BCUT2D eigenvalue weighted by molar-refractivity contribution is 1.12. The van der Waals surface area contributed by atoms with Crippen LogP contribution in [0.2, 0.25) is 0 Å². The van der Waals surface area contributed by atoms with Crippen LogP contribution in [-0.4, -0.2) is 4.73 Å². The van der Waals surface area contributed by atoms with E-state index in [0.717, 1.165) is 5.39 Å². The average Bonchev–Trinajstić information content (AvgIpc) is 2.44. The molecule has 3 heteroatoms. The zero-order valence-corrected chi connectivity index (χ0v) is 6.19. The van der Waals surface area contributed by atoms with E-state index in [1.165, 1.54) is 0 Å². The maximum Gasteiger partial charge on any atom is 0.117 e. The van der Waals surface area contributed by atoms with E-state index in [0.29, 0.717) is 10.2 Å². The van der Waals surface area contributed by atoms with Gasteiger partial charge in [0.2, 0.25) is 0 Å². The number of rotatable bonds is 0. The molecular weight excluding hydrogens is 152 g/mol. The summed E-state index contributed by atoms with van der Waals surface area (Å²) in [5.41, 5.74) is 0.699. The van der Waals surface area contributed by atoms with Gasteiger partial charge >= 0.3 is 0 Å². The predicted octanol–water partition coefficient (Wildman–Crippen LogP) is 1.86. The van der Waals surface area contributed by atoms with Crippen molar-refractivity contribution in [3.63, 3.8) is 0 Å². The van der Waals surface area contributed by atoms with Crippen LogP contribution in [0.1, 0.15) is 5.69 Å². The van der Waals surface area contributed by atoms with Gasteiger partial charge in [-0.15, -0.1) is 0 Å². The van der Waals surface area contributed by atoms with Crippen LogP contribution in [0.5, 0.6) is 0 Å². The van der Waals surface area contributed by atoms with Gasteiger partial charge in [0.15, 0.2) is 0 Å². The number of hydrogen-bond acceptors (Lipinski definition) is 2. The van der Waals surface area contributed by atoms with Gasteiger partial charge in [0.05, 0.1) is 0 Å². The molecule has 12 heavy (non-hydrogen) atoms. The fourth-order valence-corrected chi connectivity index (χ4v) is 1.21. The summed E-state index contributed by atoms with van der Waals surface area (Å²) in [7, 11) is 0. The minimum absolute atomic E-state index is 0.149. The molecule has 0 amide bonds. The molecule has 0 atom stereocenters. The standard InChI is InChI=1S/C9H5N2O/c10-6-8-5-7-3-1-2-4-9(7)11(8)12/h1-5H/q-1. The smallest absolute Gasteiger partial charge is 0.117 e. The van der Waals surface area contributed by atoms with Crippen molar-refractivity contribution in [3.8, 4) is 6.07 Å². The first-order valence-electron chi connectivity index (χ1n) is 3.51. The van der Waals surface area contributed by atoms with Crippen molar-refractivity contribution in [2.45, 2.75) is 0 Å². The Morgan fingerprint density at radius 2 is 2.08 bits per heavy atom. The Morgan fingerprint density at radius 3 is 2.75 bits per heavy atom. The van der Waals surface area contributed by atoms with Crippen molar-refractivity contribution < 1.29 is 0 Å². The number of para-hydroxylation sites is 1. The quantitative estimate of drug-likeness (QED) is 0.586. The molecule has 1 aromatic carbocycles. The molecule has 0 bridgehead atoms. The second-order valence-electron chi connectivity index (χ2n) is 2.49. The molecule has 0 saturated heterocycles. The van der Waals surface area contributed by atoms with Crippen molar-refractivity contribution in [2.75, 3.05) is 0 Å². The predicted molar refractivity (Wildman–Crippen MR) is 45.4 cm³/mol. The summed E-state index contributed by atoms with van der Waals surface area (Å²) in [6.07, 6.45) is 0. The van der Waals surface area contributed by atoms with E-state index in [-0.39, 0.29) is 5.69 Å². The molecular formula is C9H5N2O-. The monoisotopic (exact) mass is 157 g/mol. The van der Waals surface area contributed by atoms with Gasteiger partial charge in [-0.3, -0.25) is 0 Å². The molecule has 58 valence electrons. The van der Waals surface area contributed by atoms with Gasteiger partial charge in [0, 0.05) is 10.9 Å². The minimum Gasteiger partial charge on any atom is -0.805 e. The molecule has 0 aliphatic carbocycles. The highest BCUT2D eigenvalue weighted by Crippen LogP contribution is 2.17.